The second-order valence-electron chi connectivity index (χ2n) is 9.73. The minimum atomic E-state index is 0.239. The predicted molar refractivity (Wildman–Crippen MR) is 135 cm³/mol. The van der Waals surface area contributed by atoms with Gasteiger partial charge in [-0.1, -0.05) is 67.9 Å². The van der Waals surface area contributed by atoms with Crippen LogP contribution in [0.5, 0.6) is 0 Å². The SMILES string of the molecule is CCCc1ccc(-c2ccc3cc(C4CCC(CC(CO)COC)CC4)ccc3c2)cc1. The number of rotatable bonds is 9. The minimum absolute atomic E-state index is 0.239. The number of methoxy groups -OCH3 is 1. The summed E-state index contributed by atoms with van der Waals surface area (Å²) in [6.45, 7) is 3.14. The molecule has 3 aromatic rings. The van der Waals surface area contributed by atoms with Gasteiger partial charge >= 0.3 is 0 Å². The number of hydrogen-bond acceptors (Lipinski definition) is 2. The van der Waals surface area contributed by atoms with Crippen LogP contribution in [0.1, 0.15) is 62.5 Å². The van der Waals surface area contributed by atoms with Crippen LogP contribution in [0.25, 0.3) is 21.9 Å². The monoisotopic (exact) mass is 430 g/mol. The molecule has 0 saturated heterocycles. The largest absolute Gasteiger partial charge is 0.396 e. The Labute approximate surface area is 193 Å². The fourth-order valence-corrected chi connectivity index (χ4v) is 5.48. The lowest BCUT2D eigenvalue weighted by atomic mass is 9.75. The van der Waals surface area contributed by atoms with Crippen LogP contribution in [-0.2, 0) is 11.2 Å². The van der Waals surface area contributed by atoms with Gasteiger partial charge in [-0.25, -0.2) is 0 Å². The molecule has 0 aromatic heterocycles. The van der Waals surface area contributed by atoms with Gasteiger partial charge in [-0.2, -0.15) is 0 Å². The van der Waals surface area contributed by atoms with Gasteiger partial charge in [0, 0.05) is 19.6 Å². The van der Waals surface area contributed by atoms with Gasteiger partial charge in [0.1, 0.15) is 0 Å². The van der Waals surface area contributed by atoms with Crippen molar-refractivity contribution in [2.45, 2.75) is 57.8 Å². The predicted octanol–water partition coefficient (Wildman–Crippen LogP) is 7.38. The van der Waals surface area contributed by atoms with Crippen molar-refractivity contribution >= 4 is 10.8 Å². The third-order valence-electron chi connectivity index (χ3n) is 7.34. The third kappa shape index (κ3) is 5.60. The Balaban J connectivity index is 1.41. The number of aliphatic hydroxyl groups is 1. The first-order valence-electron chi connectivity index (χ1n) is 12.4. The highest BCUT2D eigenvalue weighted by Crippen LogP contribution is 2.39. The molecule has 1 saturated carbocycles. The number of aliphatic hydroxyl groups excluding tert-OH is 1. The quantitative estimate of drug-likeness (QED) is 0.384. The molecule has 1 N–H and O–H groups in total. The molecule has 170 valence electrons. The van der Waals surface area contributed by atoms with E-state index < -0.39 is 0 Å². The van der Waals surface area contributed by atoms with Crippen LogP contribution in [0.2, 0.25) is 0 Å². The summed E-state index contributed by atoms with van der Waals surface area (Å²) in [7, 11) is 1.73. The summed E-state index contributed by atoms with van der Waals surface area (Å²) in [5, 5.41) is 12.2. The molecule has 1 unspecified atom stereocenters. The van der Waals surface area contributed by atoms with Gasteiger partial charge in [0.15, 0.2) is 0 Å². The van der Waals surface area contributed by atoms with E-state index in [0.717, 1.165) is 18.8 Å². The van der Waals surface area contributed by atoms with Gasteiger partial charge in [-0.15, -0.1) is 0 Å². The van der Waals surface area contributed by atoms with Crippen molar-refractivity contribution in [1.29, 1.82) is 0 Å². The zero-order valence-corrected chi connectivity index (χ0v) is 19.7. The van der Waals surface area contributed by atoms with Crippen molar-refractivity contribution in [1.82, 2.24) is 0 Å². The fraction of sp³-hybridized carbons (Fsp3) is 0.467. The Morgan fingerprint density at radius 2 is 1.56 bits per heavy atom. The summed E-state index contributed by atoms with van der Waals surface area (Å²) < 4.78 is 5.26. The van der Waals surface area contributed by atoms with Crippen LogP contribution in [0.4, 0.5) is 0 Å². The summed E-state index contributed by atoms with van der Waals surface area (Å²) in [6.07, 6.45) is 8.46. The van der Waals surface area contributed by atoms with E-state index in [2.05, 4.69) is 67.6 Å². The number of fused-ring (bicyclic) bond motifs is 1. The smallest absolute Gasteiger partial charge is 0.0512 e. The second kappa shape index (κ2) is 11.1. The van der Waals surface area contributed by atoms with Crippen LogP contribution >= 0.6 is 0 Å². The van der Waals surface area contributed by atoms with E-state index in [1.165, 1.54) is 65.1 Å². The van der Waals surface area contributed by atoms with E-state index in [4.69, 9.17) is 4.74 Å². The summed E-state index contributed by atoms with van der Waals surface area (Å²) in [5.41, 5.74) is 5.50. The molecule has 2 nitrogen and oxygen atoms in total. The maximum Gasteiger partial charge on any atom is 0.0512 e. The van der Waals surface area contributed by atoms with Crippen molar-refractivity contribution in [3.63, 3.8) is 0 Å². The molecule has 0 aliphatic heterocycles. The van der Waals surface area contributed by atoms with E-state index in [1.54, 1.807) is 7.11 Å². The first-order valence-corrected chi connectivity index (χ1v) is 12.4. The molecule has 0 radical (unpaired) electrons. The zero-order chi connectivity index (χ0) is 22.3. The topological polar surface area (TPSA) is 29.5 Å². The van der Waals surface area contributed by atoms with Gasteiger partial charge in [0.2, 0.25) is 0 Å². The highest BCUT2D eigenvalue weighted by Gasteiger charge is 2.24. The normalized spacial score (nSPS) is 19.8. The highest BCUT2D eigenvalue weighted by molar-refractivity contribution is 5.88. The zero-order valence-electron chi connectivity index (χ0n) is 19.7. The molecular weight excluding hydrogens is 392 g/mol. The molecule has 0 heterocycles. The Hall–Kier alpha value is -2.16. The molecule has 1 aliphatic carbocycles. The van der Waals surface area contributed by atoms with E-state index in [-0.39, 0.29) is 6.61 Å². The van der Waals surface area contributed by atoms with E-state index in [0.29, 0.717) is 18.4 Å². The van der Waals surface area contributed by atoms with Gasteiger partial charge in [0.25, 0.3) is 0 Å². The number of hydrogen-bond donors (Lipinski definition) is 1. The van der Waals surface area contributed by atoms with Crippen LogP contribution < -0.4 is 0 Å². The maximum absolute atomic E-state index is 9.56. The van der Waals surface area contributed by atoms with E-state index in [9.17, 15) is 5.11 Å². The number of ether oxygens (including phenoxy) is 1. The van der Waals surface area contributed by atoms with Gasteiger partial charge in [0.05, 0.1) is 6.61 Å². The molecule has 0 amide bonds. The second-order valence-corrected chi connectivity index (χ2v) is 9.73. The number of benzene rings is 3. The lowest BCUT2D eigenvalue weighted by molar-refractivity contribution is 0.0889. The summed E-state index contributed by atoms with van der Waals surface area (Å²) >= 11 is 0. The van der Waals surface area contributed by atoms with Crippen LogP contribution in [0.15, 0.2) is 60.7 Å². The Kier molecular flexibility index (Phi) is 8.00. The van der Waals surface area contributed by atoms with Crippen LogP contribution in [0.3, 0.4) is 0 Å². The first-order chi connectivity index (χ1) is 15.7. The van der Waals surface area contributed by atoms with Gasteiger partial charge in [-0.05, 0) is 89.5 Å². The van der Waals surface area contributed by atoms with Crippen LogP contribution in [0, 0.1) is 11.8 Å². The van der Waals surface area contributed by atoms with Crippen LogP contribution in [-0.4, -0.2) is 25.4 Å². The molecule has 1 atom stereocenters. The summed E-state index contributed by atoms with van der Waals surface area (Å²) in [5.74, 6) is 1.68. The van der Waals surface area contributed by atoms with Gasteiger partial charge in [-0.3, -0.25) is 0 Å². The van der Waals surface area contributed by atoms with Crippen molar-refractivity contribution in [3.05, 3.63) is 71.8 Å². The van der Waals surface area contributed by atoms with Crippen molar-refractivity contribution in [2.75, 3.05) is 20.3 Å². The maximum atomic E-state index is 9.56. The fourth-order valence-electron chi connectivity index (χ4n) is 5.48. The molecule has 3 aromatic carbocycles. The van der Waals surface area contributed by atoms with E-state index >= 15 is 0 Å². The Morgan fingerprint density at radius 3 is 2.25 bits per heavy atom. The summed E-state index contributed by atoms with van der Waals surface area (Å²) in [4.78, 5) is 0. The number of aryl methyl sites for hydroxylation is 1. The average Bonchev–Trinajstić information content (AvgIpc) is 2.84. The lowest BCUT2D eigenvalue weighted by Crippen LogP contribution is -2.21. The first kappa shape index (κ1) is 23.0. The molecule has 1 fully saturated rings. The molecular formula is C30H38O2. The third-order valence-corrected chi connectivity index (χ3v) is 7.34. The molecule has 0 bridgehead atoms. The minimum Gasteiger partial charge on any atom is -0.396 e. The van der Waals surface area contributed by atoms with Crippen molar-refractivity contribution in [3.8, 4) is 11.1 Å². The summed E-state index contributed by atoms with van der Waals surface area (Å²) in [6, 6.07) is 23.0. The average molecular weight is 431 g/mol. The lowest BCUT2D eigenvalue weighted by Gasteiger charge is -2.30. The molecule has 1 aliphatic rings. The highest BCUT2D eigenvalue weighted by atomic mass is 16.5. The van der Waals surface area contributed by atoms with Gasteiger partial charge < -0.3 is 9.84 Å². The standard InChI is InChI=1S/C30H38O2/c1-3-4-22-5-9-25(10-6-22)27-13-15-30-19-28(14-16-29(30)18-27)26-11-7-23(8-12-26)17-24(20-31)21-32-2/h5-6,9-10,13-16,18-19,23-24,26,31H,3-4,7-8,11-12,17,20-21H2,1-2H3. The van der Waals surface area contributed by atoms with E-state index in [1.807, 2.05) is 0 Å². The van der Waals surface area contributed by atoms with Crippen molar-refractivity contribution in [2.24, 2.45) is 11.8 Å². The molecule has 0 spiro atoms. The molecule has 4 rings (SSSR count). The Bertz CT molecular complexity index is 983. The Morgan fingerprint density at radius 1 is 0.875 bits per heavy atom. The molecule has 2 heteroatoms. The molecule has 32 heavy (non-hydrogen) atoms. The van der Waals surface area contributed by atoms with Crippen molar-refractivity contribution < 1.29 is 9.84 Å².